The van der Waals surface area contributed by atoms with E-state index in [9.17, 15) is 0 Å². The molecule has 0 aliphatic heterocycles. The lowest BCUT2D eigenvalue weighted by atomic mass is 9.98. The van der Waals surface area contributed by atoms with E-state index in [-0.39, 0.29) is 5.92 Å². The van der Waals surface area contributed by atoms with Gasteiger partial charge in [0, 0.05) is 22.5 Å². The van der Waals surface area contributed by atoms with Crippen LogP contribution in [0, 0.1) is 13.8 Å². The minimum Gasteiger partial charge on any atom is -0.258 e. The molecule has 94 valence electrons. The summed E-state index contributed by atoms with van der Waals surface area (Å²) in [5.74, 6) is 0.280. The van der Waals surface area contributed by atoms with Crippen molar-refractivity contribution in [1.29, 1.82) is 0 Å². The lowest BCUT2D eigenvalue weighted by Crippen LogP contribution is -2.00. The molecule has 4 heteroatoms. The first kappa shape index (κ1) is 13.0. The first-order chi connectivity index (χ1) is 8.49. The molecular weight excluding hydrogens is 246 g/mol. The summed E-state index contributed by atoms with van der Waals surface area (Å²) in [4.78, 5) is 12.8. The van der Waals surface area contributed by atoms with Gasteiger partial charge in [0.25, 0.3) is 0 Å². The molecular formula is C14H16ClN3. The molecule has 0 unspecified atom stereocenters. The molecule has 0 saturated carbocycles. The molecule has 0 bridgehead atoms. The number of hydrogen-bond donors (Lipinski definition) is 0. The summed E-state index contributed by atoms with van der Waals surface area (Å²) >= 11 is 6.19. The molecule has 0 saturated heterocycles. The van der Waals surface area contributed by atoms with E-state index in [2.05, 4.69) is 28.8 Å². The zero-order chi connectivity index (χ0) is 13.3. The molecule has 3 nitrogen and oxygen atoms in total. The van der Waals surface area contributed by atoms with Gasteiger partial charge in [0.1, 0.15) is 11.5 Å². The summed E-state index contributed by atoms with van der Waals surface area (Å²) in [5.41, 5.74) is 4.90. The van der Waals surface area contributed by atoms with Gasteiger partial charge in [-0.1, -0.05) is 25.4 Å². The average molecular weight is 262 g/mol. The quantitative estimate of drug-likeness (QED) is 0.769. The van der Waals surface area contributed by atoms with E-state index in [1.165, 1.54) is 6.33 Å². The third-order valence-corrected chi connectivity index (χ3v) is 3.07. The number of aromatic nitrogens is 3. The monoisotopic (exact) mass is 261 g/mol. The van der Waals surface area contributed by atoms with Gasteiger partial charge in [-0.2, -0.15) is 0 Å². The predicted molar refractivity (Wildman–Crippen MR) is 73.8 cm³/mol. The van der Waals surface area contributed by atoms with Crippen LogP contribution in [0.1, 0.15) is 36.7 Å². The molecule has 0 radical (unpaired) electrons. The molecule has 0 aliphatic carbocycles. The fourth-order valence-corrected chi connectivity index (χ4v) is 2.44. The molecule has 0 N–H and O–H groups in total. The van der Waals surface area contributed by atoms with Crippen LogP contribution in [0.5, 0.6) is 0 Å². The Morgan fingerprint density at radius 1 is 1.06 bits per heavy atom. The Morgan fingerprint density at radius 3 is 2.22 bits per heavy atom. The van der Waals surface area contributed by atoms with E-state index in [1.807, 2.05) is 26.0 Å². The van der Waals surface area contributed by atoms with Gasteiger partial charge in [0.2, 0.25) is 0 Å². The van der Waals surface area contributed by atoms with Gasteiger partial charge >= 0.3 is 0 Å². The Kier molecular flexibility index (Phi) is 3.62. The highest BCUT2D eigenvalue weighted by Crippen LogP contribution is 2.31. The molecule has 0 spiro atoms. The maximum Gasteiger partial charge on any atom is 0.136 e. The zero-order valence-electron chi connectivity index (χ0n) is 11.0. The number of hydrogen-bond acceptors (Lipinski definition) is 3. The van der Waals surface area contributed by atoms with Crippen LogP contribution in [0.4, 0.5) is 0 Å². The molecule has 2 aromatic rings. The standard InChI is InChI=1S/C14H16ClN3/c1-8(2)12-13(16-7-17-14(12)15)11-5-9(3)18-10(4)6-11/h5-8H,1-4H3. The van der Waals surface area contributed by atoms with E-state index in [0.717, 1.165) is 28.2 Å². The first-order valence-electron chi connectivity index (χ1n) is 5.95. The summed E-state index contributed by atoms with van der Waals surface area (Å²) < 4.78 is 0. The maximum absolute atomic E-state index is 6.19. The van der Waals surface area contributed by atoms with Crippen LogP contribution >= 0.6 is 11.6 Å². The summed E-state index contributed by atoms with van der Waals surface area (Å²) in [6.45, 7) is 8.15. The van der Waals surface area contributed by atoms with E-state index < -0.39 is 0 Å². The zero-order valence-corrected chi connectivity index (χ0v) is 11.8. The van der Waals surface area contributed by atoms with Gasteiger partial charge in [0.05, 0.1) is 5.69 Å². The molecule has 0 aromatic carbocycles. The molecule has 0 amide bonds. The topological polar surface area (TPSA) is 38.7 Å². The second-order valence-corrected chi connectivity index (χ2v) is 5.08. The second-order valence-electron chi connectivity index (χ2n) is 4.72. The molecule has 2 rings (SSSR count). The summed E-state index contributed by atoms with van der Waals surface area (Å²) in [7, 11) is 0. The Bertz CT molecular complexity index is 559. The maximum atomic E-state index is 6.19. The van der Waals surface area contributed by atoms with E-state index in [4.69, 9.17) is 11.6 Å². The Morgan fingerprint density at radius 2 is 1.67 bits per heavy atom. The Hall–Kier alpha value is -1.48. The van der Waals surface area contributed by atoms with Crippen LogP contribution in [0.2, 0.25) is 5.15 Å². The average Bonchev–Trinajstić information content (AvgIpc) is 2.26. The fraction of sp³-hybridized carbons (Fsp3) is 0.357. The number of halogens is 1. The second kappa shape index (κ2) is 5.02. The Labute approximate surface area is 112 Å². The minimum absolute atomic E-state index is 0.280. The normalized spacial score (nSPS) is 11.0. The van der Waals surface area contributed by atoms with E-state index >= 15 is 0 Å². The minimum atomic E-state index is 0.280. The smallest absolute Gasteiger partial charge is 0.136 e. The highest BCUT2D eigenvalue weighted by molar-refractivity contribution is 6.30. The van der Waals surface area contributed by atoms with Crippen LogP contribution in [0.3, 0.4) is 0 Å². The molecule has 2 heterocycles. The highest BCUT2D eigenvalue weighted by atomic mass is 35.5. The van der Waals surface area contributed by atoms with Crippen molar-refractivity contribution in [2.75, 3.05) is 0 Å². The SMILES string of the molecule is Cc1cc(-c2ncnc(Cl)c2C(C)C)cc(C)n1. The van der Waals surface area contributed by atoms with Crippen molar-refractivity contribution in [3.63, 3.8) is 0 Å². The third kappa shape index (κ3) is 2.51. The van der Waals surface area contributed by atoms with Gasteiger partial charge in [-0.25, -0.2) is 9.97 Å². The molecule has 0 aliphatic rings. The summed E-state index contributed by atoms with van der Waals surface area (Å²) in [6.07, 6.45) is 1.51. The number of aryl methyl sites for hydroxylation is 2. The van der Waals surface area contributed by atoms with Crippen molar-refractivity contribution < 1.29 is 0 Å². The van der Waals surface area contributed by atoms with Gasteiger partial charge in [-0.3, -0.25) is 4.98 Å². The summed E-state index contributed by atoms with van der Waals surface area (Å²) in [5, 5.41) is 0.530. The van der Waals surface area contributed by atoms with Gasteiger partial charge in [-0.05, 0) is 31.9 Å². The van der Waals surface area contributed by atoms with Crippen molar-refractivity contribution >= 4 is 11.6 Å². The van der Waals surface area contributed by atoms with E-state index in [1.54, 1.807) is 0 Å². The Balaban J connectivity index is 2.67. The van der Waals surface area contributed by atoms with Crippen molar-refractivity contribution in [2.45, 2.75) is 33.6 Å². The highest BCUT2D eigenvalue weighted by Gasteiger charge is 2.15. The van der Waals surface area contributed by atoms with Gasteiger partial charge in [-0.15, -0.1) is 0 Å². The van der Waals surface area contributed by atoms with Crippen LogP contribution in [0.25, 0.3) is 11.3 Å². The van der Waals surface area contributed by atoms with Gasteiger partial charge < -0.3 is 0 Å². The molecule has 18 heavy (non-hydrogen) atoms. The van der Waals surface area contributed by atoms with Crippen molar-refractivity contribution in [3.8, 4) is 11.3 Å². The van der Waals surface area contributed by atoms with Crippen molar-refractivity contribution in [2.24, 2.45) is 0 Å². The van der Waals surface area contributed by atoms with Crippen LogP contribution in [0.15, 0.2) is 18.5 Å². The fourth-order valence-electron chi connectivity index (χ4n) is 2.09. The van der Waals surface area contributed by atoms with Crippen molar-refractivity contribution in [3.05, 3.63) is 40.6 Å². The van der Waals surface area contributed by atoms with E-state index in [0.29, 0.717) is 5.15 Å². The lowest BCUT2D eigenvalue weighted by molar-refractivity contribution is 0.849. The van der Waals surface area contributed by atoms with Gasteiger partial charge in [0.15, 0.2) is 0 Å². The lowest BCUT2D eigenvalue weighted by Gasteiger charge is -2.13. The number of pyridine rings is 1. The largest absolute Gasteiger partial charge is 0.258 e. The molecule has 0 atom stereocenters. The first-order valence-corrected chi connectivity index (χ1v) is 6.33. The third-order valence-electron chi connectivity index (χ3n) is 2.77. The predicted octanol–water partition coefficient (Wildman–Crippen LogP) is 3.93. The van der Waals surface area contributed by atoms with Crippen LogP contribution < -0.4 is 0 Å². The van der Waals surface area contributed by atoms with Crippen molar-refractivity contribution in [1.82, 2.24) is 15.0 Å². The number of rotatable bonds is 2. The summed E-state index contributed by atoms with van der Waals surface area (Å²) in [6, 6.07) is 4.05. The molecule has 0 fully saturated rings. The van der Waals surface area contributed by atoms with Crippen LogP contribution in [-0.2, 0) is 0 Å². The van der Waals surface area contributed by atoms with Crippen LogP contribution in [-0.4, -0.2) is 15.0 Å². The number of nitrogens with zero attached hydrogens (tertiary/aromatic N) is 3. The molecule has 2 aromatic heterocycles.